The quantitative estimate of drug-likeness (QED) is 0.873. The molecular weight excluding hydrogens is 267 g/mol. The maximum absolute atomic E-state index is 13.0. The lowest BCUT2D eigenvalue weighted by Gasteiger charge is -2.19. The summed E-state index contributed by atoms with van der Waals surface area (Å²) in [4.78, 5) is 11.7. The smallest absolute Gasteiger partial charge is 0.250 e. The van der Waals surface area contributed by atoms with Crippen LogP contribution in [-0.4, -0.2) is 4.57 Å². The number of aryl methyl sites for hydroxylation is 1. The van der Waals surface area contributed by atoms with E-state index in [1.54, 1.807) is 28.8 Å². The van der Waals surface area contributed by atoms with Gasteiger partial charge in [0.25, 0.3) is 5.56 Å². The van der Waals surface area contributed by atoms with E-state index in [-0.39, 0.29) is 17.4 Å². The molecular formula is C17H21FN2O. The van der Waals surface area contributed by atoms with Crippen molar-refractivity contribution in [1.29, 1.82) is 0 Å². The van der Waals surface area contributed by atoms with Crippen LogP contribution >= 0.6 is 0 Å². The van der Waals surface area contributed by atoms with Crippen LogP contribution in [0.4, 0.5) is 10.1 Å². The fourth-order valence-electron chi connectivity index (χ4n) is 2.35. The van der Waals surface area contributed by atoms with Crippen LogP contribution in [0.2, 0.25) is 0 Å². The molecule has 0 fully saturated rings. The fourth-order valence-corrected chi connectivity index (χ4v) is 2.35. The van der Waals surface area contributed by atoms with Crippen molar-refractivity contribution in [3.63, 3.8) is 0 Å². The fraction of sp³-hybridized carbons (Fsp3) is 0.353. The van der Waals surface area contributed by atoms with E-state index in [9.17, 15) is 9.18 Å². The molecule has 2 aromatic rings. The molecule has 3 nitrogen and oxygen atoms in total. The van der Waals surface area contributed by atoms with Gasteiger partial charge < -0.3 is 9.88 Å². The predicted octanol–water partition coefficient (Wildman–Crippen LogP) is 3.96. The first-order chi connectivity index (χ1) is 10.1. The van der Waals surface area contributed by atoms with Crippen LogP contribution < -0.4 is 10.9 Å². The van der Waals surface area contributed by atoms with Crippen LogP contribution in [0, 0.1) is 5.82 Å². The Hall–Kier alpha value is -2.10. The summed E-state index contributed by atoms with van der Waals surface area (Å²) in [5, 5.41) is 3.41. The number of hydrogen-bond acceptors (Lipinski definition) is 2. The van der Waals surface area contributed by atoms with Gasteiger partial charge in [0.05, 0.1) is 11.7 Å². The molecule has 0 spiro atoms. The van der Waals surface area contributed by atoms with Crippen LogP contribution in [0.25, 0.3) is 0 Å². The highest BCUT2D eigenvalue weighted by molar-refractivity contribution is 5.43. The molecule has 1 unspecified atom stereocenters. The van der Waals surface area contributed by atoms with Gasteiger partial charge in [-0.1, -0.05) is 26.0 Å². The third-order valence-electron chi connectivity index (χ3n) is 3.47. The second kappa shape index (κ2) is 7.07. The summed E-state index contributed by atoms with van der Waals surface area (Å²) in [7, 11) is 0. The number of nitrogens with zero attached hydrogens (tertiary/aromatic N) is 1. The highest BCUT2D eigenvalue weighted by atomic mass is 19.1. The molecule has 1 aromatic carbocycles. The zero-order chi connectivity index (χ0) is 15.2. The van der Waals surface area contributed by atoms with Crippen molar-refractivity contribution in [3.8, 4) is 0 Å². The molecule has 0 saturated carbocycles. The molecule has 0 amide bonds. The lowest BCUT2D eigenvalue weighted by molar-refractivity contribution is 0.625. The number of anilines is 1. The van der Waals surface area contributed by atoms with Gasteiger partial charge in [-0.2, -0.15) is 0 Å². The Labute approximate surface area is 124 Å². The van der Waals surface area contributed by atoms with Crippen molar-refractivity contribution in [2.75, 3.05) is 5.32 Å². The largest absolute Gasteiger partial charge is 0.377 e. The predicted molar refractivity (Wildman–Crippen MR) is 84.0 cm³/mol. The molecule has 1 aromatic heterocycles. The molecule has 0 bridgehead atoms. The lowest BCUT2D eigenvalue weighted by Crippen LogP contribution is -2.19. The Balaban J connectivity index is 2.20. The molecule has 0 saturated heterocycles. The molecule has 0 aliphatic carbocycles. The average molecular weight is 288 g/mol. The molecule has 1 heterocycles. The molecule has 0 aliphatic rings. The first-order valence-corrected chi connectivity index (χ1v) is 7.36. The molecule has 1 atom stereocenters. The van der Waals surface area contributed by atoms with E-state index in [0.29, 0.717) is 6.54 Å². The average Bonchev–Trinajstić information content (AvgIpc) is 2.49. The van der Waals surface area contributed by atoms with E-state index in [4.69, 9.17) is 0 Å². The van der Waals surface area contributed by atoms with Gasteiger partial charge in [-0.05, 0) is 36.6 Å². The minimum atomic E-state index is -0.231. The number of halogens is 1. The first-order valence-electron chi connectivity index (χ1n) is 7.36. The van der Waals surface area contributed by atoms with Gasteiger partial charge in [0, 0.05) is 18.8 Å². The molecule has 0 aliphatic heterocycles. The Morgan fingerprint density at radius 2 is 1.86 bits per heavy atom. The third kappa shape index (κ3) is 3.94. The molecule has 112 valence electrons. The summed E-state index contributed by atoms with van der Waals surface area (Å²) in [5.74, 6) is -0.231. The number of rotatable bonds is 6. The Bertz CT molecular complexity index is 634. The van der Waals surface area contributed by atoms with Gasteiger partial charge in [-0.25, -0.2) is 4.39 Å². The van der Waals surface area contributed by atoms with Gasteiger partial charge in [0.15, 0.2) is 0 Å². The zero-order valence-corrected chi connectivity index (χ0v) is 12.5. The molecule has 0 radical (unpaired) electrons. The first kappa shape index (κ1) is 15.3. The third-order valence-corrected chi connectivity index (χ3v) is 3.47. The van der Waals surface area contributed by atoms with Crippen molar-refractivity contribution in [2.45, 2.75) is 39.3 Å². The minimum Gasteiger partial charge on any atom is -0.377 e. The summed E-state index contributed by atoms with van der Waals surface area (Å²) < 4.78 is 14.7. The van der Waals surface area contributed by atoms with E-state index in [0.717, 1.165) is 24.1 Å². The molecule has 1 N–H and O–H groups in total. The Morgan fingerprint density at radius 3 is 2.48 bits per heavy atom. The van der Waals surface area contributed by atoms with Crippen molar-refractivity contribution in [2.24, 2.45) is 0 Å². The summed E-state index contributed by atoms with van der Waals surface area (Å²) in [6.45, 7) is 4.82. The van der Waals surface area contributed by atoms with Gasteiger partial charge >= 0.3 is 0 Å². The van der Waals surface area contributed by atoms with Crippen LogP contribution in [-0.2, 0) is 6.54 Å². The van der Waals surface area contributed by atoms with Crippen LogP contribution in [0.1, 0.15) is 38.3 Å². The van der Waals surface area contributed by atoms with Crippen molar-refractivity contribution >= 4 is 5.69 Å². The summed E-state index contributed by atoms with van der Waals surface area (Å²) in [5.41, 5.74) is 1.95. The molecule has 4 heteroatoms. The second-order valence-electron chi connectivity index (χ2n) is 5.11. The van der Waals surface area contributed by atoms with Gasteiger partial charge in [0.1, 0.15) is 5.82 Å². The van der Waals surface area contributed by atoms with E-state index in [1.807, 2.05) is 13.1 Å². The standard InChI is InChI=1S/C17H21FN2O/c1-3-11-20-12-15(9-10-17(20)21)19-16(4-2)13-5-7-14(18)8-6-13/h5-10,12,16,19H,3-4,11H2,1-2H3. The number of hydrogen-bond donors (Lipinski definition) is 1. The van der Waals surface area contributed by atoms with E-state index in [2.05, 4.69) is 12.2 Å². The second-order valence-corrected chi connectivity index (χ2v) is 5.11. The van der Waals surface area contributed by atoms with Crippen LogP contribution in [0.5, 0.6) is 0 Å². The van der Waals surface area contributed by atoms with Crippen molar-refractivity contribution < 1.29 is 4.39 Å². The summed E-state index contributed by atoms with van der Waals surface area (Å²) in [6, 6.07) is 9.99. The van der Waals surface area contributed by atoms with Crippen LogP contribution in [0.3, 0.4) is 0 Å². The van der Waals surface area contributed by atoms with Crippen LogP contribution in [0.15, 0.2) is 47.4 Å². The van der Waals surface area contributed by atoms with Gasteiger partial charge in [-0.15, -0.1) is 0 Å². The number of benzene rings is 1. The number of pyridine rings is 1. The summed E-state index contributed by atoms with van der Waals surface area (Å²) in [6.07, 6.45) is 3.63. The number of aromatic nitrogens is 1. The molecule has 21 heavy (non-hydrogen) atoms. The Kier molecular flexibility index (Phi) is 5.14. The maximum Gasteiger partial charge on any atom is 0.250 e. The zero-order valence-electron chi connectivity index (χ0n) is 12.5. The maximum atomic E-state index is 13.0. The Morgan fingerprint density at radius 1 is 1.14 bits per heavy atom. The normalized spacial score (nSPS) is 12.1. The minimum absolute atomic E-state index is 0.0113. The molecule has 2 rings (SSSR count). The van der Waals surface area contributed by atoms with Gasteiger partial charge in [0.2, 0.25) is 0 Å². The van der Waals surface area contributed by atoms with E-state index >= 15 is 0 Å². The van der Waals surface area contributed by atoms with Gasteiger partial charge in [-0.3, -0.25) is 4.79 Å². The van der Waals surface area contributed by atoms with Crippen molar-refractivity contribution in [3.05, 3.63) is 64.3 Å². The number of nitrogens with one attached hydrogen (secondary N) is 1. The SMILES string of the molecule is CCCn1cc(NC(CC)c2ccc(F)cc2)ccc1=O. The lowest BCUT2D eigenvalue weighted by atomic mass is 10.0. The van der Waals surface area contributed by atoms with E-state index < -0.39 is 0 Å². The van der Waals surface area contributed by atoms with E-state index in [1.165, 1.54) is 12.1 Å². The highest BCUT2D eigenvalue weighted by Gasteiger charge is 2.09. The topological polar surface area (TPSA) is 34.0 Å². The summed E-state index contributed by atoms with van der Waals surface area (Å²) >= 11 is 0. The van der Waals surface area contributed by atoms with Crippen molar-refractivity contribution in [1.82, 2.24) is 4.57 Å². The highest BCUT2D eigenvalue weighted by Crippen LogP contribution is 2.22. The monoisotopic (exact) mass is 288 g/mol.